The predicted octanol–water partition coefficient (Wildman–Crippen LogP) is 9.37. The zero-order chi connectivity index (χ0) is 28.4. The van der Waals surface area contributed by atoms with Crippen LogP contribution in [0, 0.1) is 11.2 Å². The molecule has 2 atom stereocenters. The van der Waals surface area contributed by atoms with E-state index in [0.717, 1.165) is 37.4 Å². The van der Waals surface area contributed by atoms with Crippen LogP contribution in [-0.4, -0.2) is 10.1 Å². The summed E-state index contributed by atoms with van der Waals surface area (Å²) in [5.41, 5.74) is 3.23. The molecular weight excluding hydrogens is 525 g/mol. The number of benzene rings is 2. The van der Waals surface area contributed by atoms with E-state index < -0.39 is 30.0 Å². The van der Waals surface area contributed by atoms with Gasteiger partial charge in [0.1, 0.15) is 11.4 Å². The Hall–Kier alpha value is -3.26. The van der Waals surface area contributed by atoms with Crippen molar-refractivity contribution >= 4 is 11.0 Å². The van der Waals surface area contributed by atoms with Gasteiger partial charge in [0, 0.05) is 28.1 Å². The quantitative estimate of drug-likeness (QED) is 0.255. The minimum absolute atomic E-state index is 0.00872. The molecule has 8 heteroatoms. The number of nitrogens with zero attached hydrogens (tertiary/aromatic N) is 1. The van der Waals surface area contributed by atoms with E-state index >= 15 is 4.39 Å². The fourth-order valence-electron chi connectivity index (χ4n) is 6.55. The molecule has 0 bridgehead atoms. The second kappa shape index (κ2) is 9.68. The van der Waals surface area contributed by atoms with Gasteiger partial charge in [-0.15, -0.1) is 0 Å². The summed E-state index contributed by atoms with van der Waals surface area (Å²) in [4.78, 5) is 5.05. The Balaban J connectivity index is 1.60. The molecule has 0 radical (unpaired) electrons. The number of fused-ring (bicyclic) bond motifs is 2. The summed E-state index contributed by atoms with van der Waals surface area (Å²) in [5, 5.41) is 11.5. The number of aliphatic hydroxyl groups excluding tert-OH is 1. The summed E-state index contributed by atoms with van der Waals surface area (Å²) >= 11 is 0. The molecule has 0 spiro atoms. The Morgan fingerprint density at radius 2 is 1.73 bits per heavy atom. The number of aromatic nitrogens is 1. The number of aliphatic hydroxyl groups is 1. The van der Waals surface area contributed by atoms with Crippen LogP contribution in [0.2, 0.25) is 0 Å². The van der Waals surface area contributed by atoms with Gasteiger partial charge in [-0.25, -0.2) is 8.78 Å². The molecule has 0 saturated heterocycles. The van der Waals surface area contributed by atoms with Gasteiger partial charge in [-0.05, 0) is 78.1 Å². The van der Waals surface area contributed by atoms with Gasteiger partial charge < -0.3 is 9.52 Å². The molecule has 2 heterocycles. The third-order valence-corrected chi connectivity index (χ3v) is 8.35. The lowest BCUT2D eigenvalue weighted by molar-refractivity contribution is -0.152. The molecule has 3 nitrogen and oxygen atoms in total. The highest BCUT2D eigenvalue weighted by Crippen LogP contribution is 2.51. The molecule has 2 unspecified atom stereocenters. The zero-order valence-corrected chi connectivity index (χ0v) is 22.3. The standard InChI is InChI=1S/C32H30F5NO2/c1-31(2)15-22-27(23(39)16-31)26(17-7-10-21(33)11-8-17)28(30(38-22)18-5-3-4-6-18)29(34)19-9-12-24-20(13-19)14-25(40-24)32(35,36)37/h7-14,18,23,29,39H,3-6,15-16H2,1-2H3. The van der Waals surface area contributed by atoms with Crippen LogP contribution in [-0.2, 0) is 12.6 Å². The molecule has 0 amide bonds. The van der Waals surface area contributed by atoms with Crippen LogP contribution in [0.3, 0.4) is 0 Å². The van der Waals surface area contributed by atoms with E-state index in [9.17, 15) is 22.7 Å². The van der Waals surface area contributed by atoms with Gasteiger partial charge in [-0.1, -0.05) is 44.9 Å². The smallest absolute Gasteiger partial charge is 0.449 e. The molecule has 210 valence electrons. The van der Waals surface area contributed by atoms with Gasteiger partial charge >= 0.3 is 6.18 Å². The number of hydrogen-bond donors (Lipinski definition) is 1. The van der Waals surface area contributed by atoms with Crippen molar-refractivity contribution in [3.8, 4) is 11.1 Å². The average molecular weight is 556 g/mol. The van der Waals surface area contributed by atoms with Gasteiger partial charge in [0.25, 0.3) is 0 Å². The molecule has 2 aromatic carbocycles. The molecule has 40 heavy (non-hydrogen) atoms. The Bertz CT molecular complexity index is 1570. The van der Waals surface area contributed by atoms with Crippen molar-refractivity contribution in [2.45, 2.75) is 76.7 Å². The second-order valence-electron chi connectivity index (χ2n) is 12.0. The van der Waals surface area contributed by atoms with Gasteiger partial charge in [0.2, 0.25) is 5.76 Å². The SMILES string of the molecule is CC1(C)Cc2nc(C3CCCC3)c(C(F)c3ccc4oc(C(F)(F)F)cc4c3)c(-c3ccc(F)cc3)c2C(O)C1. The monoisotopic (exact) mass is 555 g/mol. The maximum absolute atomic E-state index is 17.0. The highest BCUT2D eigenvalue weighted by Gasteiger charge is 2.39. The Morgan fingerprint density at radius 3 is 2.40 bits per heavy atom. The van der Waals surface area contributed by atoms with Crippen LogP contribution < -0.4 is 0 Å². The Kier molecular flexibility index (Phi) is 6.52. The molecule has 1 saturated carbocycles. The number of pyridine rings is 1. The van der Waals surface area contributed by atoms with E-state index in [-0.39, 0.29) is 27.9 Å². The summed E-state index contributed by atoms with van der Waals surface area (Å²) in [5.74, 6) is -1.57. The molecule has 1 N–H and O–H groups in total. The first-order chi connectivity index (χ1) is 18.9. The van der Waals surface area contributed by atoms with E-state index in [4.69, 9.17) is 9.40 Å². The van der Waals surface area contributed by atoms with Crippen LogP contribution in [0.15, 0.2) is 52.9 Å². The molecule has 1 fully saturated rings. The zero-order valence-electron chi connectivity index (χ0n) is 22.3. The summed E-state index contributed by atoms with van der Waals surface area (Å²) in [6.45, 7) is 4.13. The second-order valence-corrected chi connectivity index (χ2v) is 12.0. The topological polar surface area (TPSA) is 46.3 Å². The van der Waals surface area contributed by atoms with Crippen molar-refractivity contribution in [1.82, 2.24) is 4.98 Å². The normalized spacial score (nSPS) is 20.1. The largest absolute Gasteiger partial charge is 0.452 e. The molecule has 0 aliphatic heterocycles. The maximum atomic E-state index is 17.0. The first-order valence-electron chi connectivity index (χ1n) is 13.7. The van der Waals surface area contributed by atoms with Gasteiger partial charge in [-0.3, -0.25) is 4.98 Å². The summed E-state index contributed by atoms with van der Waals surface area (Å²) < 4.78 is 75.7. The minimum Gasteiger partial charge on any atom is -0.452 e. The highest BCUT2D eigenvalue weighted by atomic mass is 19.4. The molecule has 6 rings (SSSR count). The van der Waals surface area contributed by atoms with Gasteiger partial charge in [0.05, 0.1) is 11.8 Å². The van der Waals surface area contributed by atoms with E-state index in [1.807, 2.05) is 0 Å². The van der Waals surface area contributed by atoms with E-state index in [1.165, 1.54) is 30.3 Å². The Morgan fingerprint density at radius 1 is 1.02 bits per heavy atom. The van der Waals surface area contributed by atoms with Crippen LogP contribution in [0.25, 0.3) is 22.1 Å². The first kappa shape index (κ1) is 26.9. The van der Waals surface area contributed by atoms with Crippen molar-refractivity contribution in [3.63, 3.8) is 0 Å². The summed E-state index contributed by atoms with van der Waals surface area (Å²) in [7, 11) is 0. The molecular formula is C32H30F5NO2. The third kappa shape index (κ3) is 4.80. The minimum atomic E-state index is -4.66. The van der Waals surface area contributed by atoms with Crippen molar-refractivity contribution in [3.05, 3.63) is 88.2 Å². The lowest BCUT2D eigenvalue weighted by Gasteiger charge is -2.37. The summed E-state index contributed by atoms with van der Waals surface area (Å²) in [6, 6.07) is 10.8. The lowest BCUT2D eigenvalue weighted by Crippen LogP contribution is -2.29. The fraction of sp³-hybridized carbons (Fsp3) is 0.406. The molecule has 2 aliphatic carbocycles. The van der Waals surface area contributed by atoms with Gasteiger partial charge in [-0.2, -0.15) is 13.2 Å². The van der Waals surface area contributed by atoms with Gasteiger partial charge in [0.15, 0.2) is 6.17 Å². The average Bonchev–Trinajstić information content (AvgIpc) is 3.57. The van der Waals surface area contributed by atoms with Crippen molar-refractivity contribution < 1.29 is 31.5 Å². The molecule has 2 aromatic heterocycles. The predicted molar refractivity (Wildman–Crippen MR) is 142 cm³/mol. The third-order valence-electron chi connectivity index (χ3n) is 8.35. The number of halogens is 5. The maximum Gasteiger partial charge on any atom is 0.449 e. The van der Waals surface area contributed by atoms with Crippen LogP contribution in [0.1, 0.15) is 98.0 Å². The van der Waals surface area contributed by atoms with Crippen LogP contribution in [0.5, 0.6) is 0 Å². The first-order valence-corrected chi connectivity index (χ1v) is 13.7. The van der Waals surface area contributed by atoms with Crippen LogP contribution in [0.4, 0.5) is 22.0 Å². The lowest BCUT2D eigenvalue weighted by atomic mass is 9.71. The number of alkyl halides is 4. The van der Waals surface area contributed by atoms with Crippen molar-refractivity contribution in [2.24, 2.45) is 5.41 Å². The Labute approximate surface area is 229 Å². The van der Waals surface area contributed by atoms with E-state index in [2.05, 4.69) is 13.8 Å². The van der Waals surface area contributed by atoms with Crippen molar-refractivity contribution in [1.29, 1.82) is 0 Å². The number of furan rings is 1. The van der Waals surface area contributed by atoms with Crippen molar-refractivity contribution in [2.75, 3.05) is 0 Å². The fourth-order valence-corrected chi connectivity index (χ4v) is 6.55. The molecule has 4 aromatic rings. The highest BCUT2D eigenvalue weighted by molar-refractivity contribution is 5.80. The summed E-state index contributed by atoms with van der Waals surface area (Å²) in [6.07, 6.45) is -2.59. The number of hydrogen-bond acceptors (Lipinski definition) is 3. The van der Waals surface area contributed by atoms with E-state index in [0.29, 0.717) is 40.8 Å². The van der Waals surface area contributed by atoms with Crippen LogP contribution >= 0.6 is 0 Å². The van der Waals surface area contributed by atoms with E-state index in [1.54, 1.807) is 12.1 Å². The molecule has 2 aliphatic rings. The number of rotatable bonds is 4.